The molecule has 90 valence electrons. The molecule has 1 aliphatic rings. The Labute approximate surface area is 97.9 Å². The smallest absolute Gasteiger partial charge is 0.267 e. The van der Waals surface area contributed by atoms with Gasteiger partial charge < -0.3 is 5.32 Å². The molecule has 7 nitrogen and oxygen atoms in total. The van der Waals surface area contributed by atoms with Crippen molar-refractivity contribution in [2.45, 2.75) is 19.4 Å². The number of carbonyl (C=O) groups is 2. The zero-order valence-corrected chi connectivity index (χ0v) is 9.43. The van der Waals surface area contributed by atoms with Gasteiger partial charge in [0.2, 0.25) is 5.91 Å². The van der Waals surface area contributed by atoms with E-state index in [1.165, 1.54) is 5.01 Å². The van der Waals surface area contributed by atoms with Gasteiger partial charge in [0, 0.05) is 26.1 Å². The Balaban J connectivity index is 1.92. The van der Waals surface area contributed by atoms with E-state index in [-0.39, 0.29) is 11.8 Å². The molecule has 0 fully saturated rings. The van der Waals surface area contributed by atoms with Crippen LogP contribution in [-0.4, -0.2) is 39.8 Å². The fourth-order valence-electron chi connectivity index (χ4n) is 1.49. The zero-order chi connectivity index (χ0) is 12.3. The third-order valence-electron chi connectivity index (χ3n) is 2.47. The Morgan fingerprint density at radius 1 is 1.59 bits per heavy atom. The van der Waals surface area contributed by atoms with Crippen LogP contribution in [0.4, 0.5) is 0 Å². The highest BCUT2D eigenvalue weighted by molar-refractivity contribution is 6.39. The SMILES string of the molecule is CN1N=C(C(=O)NCc2ccn[nH]2)CCC1=O. The number of nitrogens with zero attached hydrogens (tertiary/aromatic N) is 3. The summed E-state index contributed by atoms with van der Waals surface area (Å²) in [7, 11) is 1.55. The summed E-state index contributed by atoms with van der Waals surface area (Å²) in [6, 6.07) is 1.78. The number of rotatable bonds is 3. The number of hydrazone groups is 1. The van der Waals surface area contributed by atoms with Crippen LogP contribution < -0.4 is 5.32 Å². The molecule has 0 atom stereocenters. The summed E-state index contributed by atoms with van der Waals surface area (Å²) in [4.78, 5) is 22.9. The van der Waals surface area contributed by atoms with Crippen molar-refractivity contribution < 1.29 is 9.59 Å². The van der Waals surface area contributed by atoms with E-state index >= 15 is 0 Å². The van der Waals surface area contributed by atoms with Crippen molar-refractivity contribution in [3.8, 4) is 0 Å². The van der Waals surface area contributed by atoms with Crippen LogP contribution in [0.1, 0.15) is 18.5 Å². The summed E-state index contributed by atoms with van der Waals surface area (Å²) in [5.74, 6) is -0.325. The van der Waals surface area contributed by atoms with Gasteiger partial charge in [-0.2, -0.15) is 10.2 Å². The molecule has 2 N–H and O–H groups in total. The number of hydrogen-bond donors (Lipinski definition) is 2. The minimum absolute atomic E-state index is 0.0740. The van der Waals surface area contributed by atoms with E-state index in [2.05, 4.69) is 20.6 Å². The van der Waals surface area contributed by atoms with Gasteiger partial charge in [0.05, 0.1) is 12.2 Å². The number of H-pyrrole nitrogens is 1. The van der Waals surface area contributed by atoms with E-state index in [9.17, 15) is 9.59 Å². The molecule has 1 aromatic heterocycles. The number of amides is 2. The number of carbonyl (C=O) groups excluding carboxylic acids is 2. The lowest BCUT2D eigenvalue weighted by Crippen LogP contribution is -2.37. The molecule has 7 heteroatoms. The monoisotopic (exact) mass is 235 g/mol. The van der Waals surface area contributed by atoms with E-state index in [1.54, 1.807) is 19.3 Å². The highest BCUT2D eigenvalue weighted by Crippen LogP contribution is 2.07. The zero-order valence-electron chi connectivity index (χ0n) is 9.43. The Morgan fingerprint density at radius 2 is 2.41 bits per heavy atom. The van der Waals surface area contributed by atoms with Gasteiger partial charge in [-0.1, -0.05) is 0 Å². The predicted molar refractivity (Wildman–Crippen MR) is 59.9 cm³/mol. The topological polar surface area (TPSA) is 90.4 Å². The van der Waals surface area contributed by atoms with E-state index < -0.39 is 0 Å². The molecule has 2 heterocycles. The molecule has 0 aliphatic carbocycles. The van der Waals surface area contributed by atoms with Crippen molar-refractivity contribution >= 4 is 17.5 Å². The van der Waals surface area contributed by atoms with E-state index in [4.69, 9.17) is 0 Å². The van der Waals surface area contributed by atoms with E-state index in [1.807, 2.05) is 0 Å². The summed E-state index contributed by atoms with van der Waals surface area (Å²) in [6.45, 7) is 0.371. The van der Waals surface area contributed by atoms with Crippen LogP contribution in [0.3, 0.4) is 0 Å². The van der Waals surface area contributed by atoms with Gasteiger partial charge in [-0.05, 0) is 6.07 Å². The summed E-state index contributed by atoms with van der Waals surface area (Å²) in [6.07, 6.45) is 2.33. The fraction of sp³-hybridized carbons (Fsp3) is 0.400. The lowest BCUT2D eigenvalue weighted by atomic mass is 10.1. The molecule has 0 aromatic carbocycles. The number of aromatic amines is 1. The van der Waals surface area contributed by atoms with Gasteiger partial charge in [0.1, 0.15) is 5.71 Å². The standard InChI is InChI=1S/C10H13N5O2/c1-15-9(16)3-2-8(14-15)10(17)11-6-7-4-5-12-13-7/h4-5H,2-3,6H2,1H3,(H,11,17)(H,12,13). The van der Waals surface area contributed by atoms with E-state index in [0.29, 0.717) is 25.1 Å². The summed E-state index contributed by atoms with van der Waals surface area (Å²) < 4.78 is 0. The van der Waals surface area contributed by atoms with Gasteiger partial charge in [-0.25, -0.2) is 5.01 Å². The molecule has 1 aliphatic heterocycles. The van der Waals surface area contributed by atoms with Gasteiger partial charge in [-0.15, -0.1) is 0 Å². The molecule has 0 spiro atoms. The second kappa shape index (κ2) is 4.77. The quantitative estimate of drug-likeness (QED) is 0.749. The fourth-order valence-corrected chi connectivity index (χ4v) is 1.49. The molecule has 2 rings (SSSR count). The van der Waals surface area contributed by atoms with E-state index in [0.717, 1.165) is 5.69 Å². The van der Waals surface area contributed by atoms with Crippen LogP contribution in [0.5, 0.6) is 0 Å². The Morgan fingerprint density at radius 3 is 3.06 bits per heavy atom. The maximum Gasteiger partial charge on any atom is 0.267 e. The maximum absolute atomic E-state index is 11.7. The molecule has 0 saturated carbocycles. The predicted octanol–water partition coefficient (Wildman–Crippen LogP) is -0.366. The Kier molecular flexibility index (Phi) is 3.17. The second-order valence-corrected chi connectivity index (χ2v) is 3.73. The van der Waals surface area contributed by atoms with Gasteiger partial charge in [-0.3, -0.25) is 14.7 Å². The number of hydrogen-bond acceptors (Lipinski definition) is 4. The molecule has 0 bridgehead atoms. The Bertz CT molecular complexity index is 451. The molecular formula is C10H13N5O2. The average molecular weight is 235 g/mol. The van der Waals surface area contributed by atoms with Crippen LogP contribution in [0.25, 0.3) is 0 Å². The van der Waals surface area contributed by atoms with Gasteiger partial charge in [0.25, 0.3) is 5.91 Å². The second-order valence-electron chi connectivity index (χ2n) is 3.73. The lowest BCUT2D eigenvalue weighted by Gasteiger charge is -2.18. The van der Waals surface area contributed by atoms with Crippen molar-refractivity contribution in [2.75, 3.05) is 7.05 Å². The third-order valence-corrected chi connectivity index (χ3v) is 2.47. The summed E-state index contributed by atoms with van der Waals surface area (Å²) in [5.41, 5.74) is 1.20. The van der Waals surface area contributed by atoms with Gasteiger partial charge in [0.15, 0.2) is 0 Å². The highest BCUT2D eigenvalue weighted by Gasteiger charge is 2.21. The molecule has 0 unspecified atom stereocenters. The van der Waals surface area contributed by atoms with Crippen LogP contribution in [0, 0.1) is 0 Å². The minimum atomic E-state index is -0.251. The first kappa shape index (κ1) is 11.3. The molecule has 1 aromatic rings. The van der Waals surface area contributed by atoms with Crippen LogP contribution in [0.15, 0.2) is 17.4 Å². The van der Waals surface area contributed by atoms with Crippen LogP contribution in [-0.2, 0) is 16.1 Å². The first-order valence-electron chi connectivity index (χ1n) is 5.27. The molecule has 17 heavy (non-hydrogen) atoms. The highest BCUT2D eigenvalue weighted by atomic mass is 16.2. The Hall–Kier alpha value is -2.18. The third kappa shape index (κ3) is 2.68. The van der Waals surface area contributed by atoms with Crippen molar-refractivity contribution in [3.05, 3.63) is 18.0 Å². The summed E-state index contributed by atoms with van der Waals surface area (Å²) >= 11 is 0. The molecule has 0 radical (unpaired) electrons. The minimum Gasteiger partial charge on any atom is -0.345 e. The number of nitrogens with one attached hydrogen (secondary N) is 2. The van der Waals surface area contributed by atoms with Crippen molar-refractivity contribution in [2.24, 2.45) is 5.10 Å². The van der Waals surface area contributed by atoms with Crippen molar-refractivity contribution in [3.63, 3.8) is 0 Å². The first-order valence-corrected chi connectivity index (χ1v) is 5.27. The molecule has 0 saturated heterocycles. The van der Waals surface area contributed by atoms with Crippen molar-refractivity contribution in [1.29, 1.82) is 0 Å². The van der Waals surface area contributed by atoms with Crippen molar-refractivity contribution in [1.82, 2.24) is 20.5 Å². The van der Waals surface area contributed by atoms with Gasteiger partial charge >= 0.3 is 0 Å². The average Bonchev–Trinajstić information content (AvgIpc) is 2.82. The number of aromatic nitrogens is 2. The lowest BCUT2D eigenvalue weighted by molar-refractivity contribution is -0.130. The largest absolute Gasteiger partial charge is 0.345 e. The summed E-state index contributed by atoms with van der Waals surface area (Å²) in [5, 5.41) is 14.4. The normalized spacial score (nSPS) is 15.7. The molecular weight excluding hydrogens is 222 g/mol. The van der Waals surface area contributed by atoms with Crippen LogP contribution >= 0.6 is 0 Å². The van der Waals surface area contributed by atoms with Crippen LogP contribution in [0.2, 0.25) is 0 Å². The maximum atomic E-state index is 11.7. The molecule has 2 amide bonds. The first-order chi connectivity index (χ1) is 8.16.